The maximum Gasteiger partial charge on any atom is 0.269 e. The van der Waals surface area contributed by atoms with Crippen LogP contribution in [0.25, 0.3) is 0 Å². The summed E-state index contributed by atoms with van der Waals surface area (Å²) in [4.78, 5) is 10.5. The molecule has 0 saturated carbocycles. The van der Waals surface area contributed by atoms with E-state index in [0.29, 0.717) is 0 Å². The Bertz CT molecular complexity index is 894. The van der Waals surface area contributed by atoms with Gasteiger partial charge in [-0.05, 0) is 34.9 Å². The zero-order valence-corrected chi connectivity index (χ0v) is 13.4. The van der Waals surface area contributed by atoms with Crippen LogP contribution in [0.15, 0.2) is 78.9 Å². The van der Waals surface area contributed by atoms with Crippen LogP contribution in [0.2, 0.25) is 0 Å². The lowest BCUT2D eigenvalue weighted by atomic mass is 9.93. The quantitative estimate of drug-likeness (QED) is 0.551. The van der Waals surface area contributed by atoms with E-state index >= 15 is 0 Å². The van der Waals surface area contributed by atoms with Gasteiger partial charge in [0.05, 0.1) is 11.0 Å². The van der Waals surface area contributed by atoms with E-state index in [-0.39, 0.29) is 22.8 Å². The minimum Gasteiger partial charge on any atom is -0.366 e. The molecule has 0 spiro atoms. The van der Waals surface area contributed by atoms with Crippen molar-refractivity contribution in [1.82, 2.24) is 5.32 Å². The van der Waals surface area contributed by atoms with E-state index in [2.05, 4.69) is 34.9 Å². The topological polar surface area (TPSA) is 67.2 Å². The summed E-state index contributed by atoms with van der Waals surface area (Å²) in [5, 5.41) is 18.0. The van der Waals surface area contributed by atoms with Gasteiger partial charge in [-0.25, -0.2) is 0 Å². The molecule has 1 heterocycles. The fraction of sp³-hybridized carbons (Fsp3) is 0.100. The van der Waals surface area contributed by atoms with Gasteiger partial charge >= 0.3 is 0 Å². The minimum absolute atomic E-state index is 0.0545. The lowest BCUT2D eigenvalue weighted by Gasteiger charge is -2.35. The monoisotopic (exact) mass is 331 g/mol. The number of hydrogen-bond acceptors (Lipinski definition) is 4. The third-order valence-electron chi connectivity index (χ3n) is 4.48. The second kappa shape index (κ2) is 6.37. The molecule has 1 aliphatic rings. The number of hydrogen-bond donors (Lipinski definition) is 2. The van der Waals surface area contributed by atoms with Crippen LogP contribution in [0, 0.1) is 10.1 Å². The Morgan fingerprint density at radius 3 is 2.20 bits per heavy atom. The fourth-order valence-electron chi connectivity index (χ4n) is 3.22. The number of nitro groups is 1. The van der Waals surface area contributed by atoms with Crippen molar-refractivity contribution in [2.75, 3.05) is 5.32 Å². The first kappa shape index (κ1) is 15.4. The summed E-state index contributed by atoms with van der Waals surface area (Å²) in [7, 11) is 0. The first-order valence-electron chi connectivity index (χ1n) is 8.13. The third kappa shape index (κ3) is 2.97. The average Bonchev–Trinajstić information content (AvgIpc) is 2.68. The van der Waals surface area contributed by atoms with Crippen LogP contribution < -0.4 is 10.6 Å². The molecule has 3 aromatic rings. The molecule has 2 N–H and O–H groups in total. The summed E-state index contributed by atoms with van der Waals surface area (Å²) < 4.78 is 0. The smallest absolute Gasteiger partial charge is 0.269 e. The number of anilines is 1. The van der Waals surface area contributed by atoms with E-state index in [4.69, 9.17) is 0 Å². The normalized spacial score (nSPS) is 18.9. The second-order valence-corrected chi connectivity index (χ2v) is 6.02. The van der Waals surface area contributed by atoms with Crippen LogP contribution in [-0.2, 0) is 0 Å². The molecule has 0 aromatic heterocycles. The number of non-ortho nitro benzene ring substituents is 1. The molecule has 5 nitrogen and oxygen atoms in total. The standard InChI is InChI=1S/C20H17N3O2/c24-23(25)16-12-10-15(11-13-16)20-21-18-9-5-4-8-17(18)19(22-20)14-6-2-1-3-7-14/h1-13,19-22H/t19-,20-/m0/s1. The highest BCUT2D eigenvalue weighted by Gasteiger charge is 2.27. The molecule has 0 bridgehead atoms. The summed E-state index contributed by atoms with van der Waals surface area (Å²) in [6.07, 6.45) is -0.124. The van der Waals surface area contributed by atoms with Gasteiger partial charge in [-0.1, -0.05) is 48.5 Å². The lowest BCUT2D eigenvalue weighted by Crippen LogP contribution is -2.37. The lowest BCUT2D eigenvalue weighted by molar-refractivity contribution is -0.384. The van der Waals surface area contributed by atoms with Crippen molar-refractivity contribution in [3.05, 3.63) is 106 Å². The van der Waals surface area contributed by atoms with Crippen molar-refractivity contribution >= 4 is 11.4 Å². The average molecular weight is 331 g/mol. The van der Waals surface area contributed by atoms with Gasteiger partial charge in [-0.3, -0.25) is 15.4 Å². The first-order chi connectivity index (χ1) is 12.2. The first-order valence-corrected chi connectivity index (χ1v) is 8.13. The van der Waals surface area contributed by atoms with Gasteiger partial charge in [0.2, 0.25) is 0 Å². The van der Waals surface area contributed by atoms with Crippen LogP contribution in [0.5, 0.6) is 0 Å². The largest absolute Gasteiger partial charge is 0.366 e. The highest BCUT2D eigenvalue weighted by Crippen LogP contribution is 2.36. The number of para-hydroxylation sites is 1. The fourth-order valence-corrected chi connectivity index (χ4v) is 3.22. The molecular weight excluding hydrogens is 314 g/mol. The van der Waals surface area contributed by atoms with Crippen LogP contribution >= 0.6 is 0 Å². The van der Waals surface area contributed by atoms with Crippen LogP contribution in [0.4, 0.5) is 11.4 Å². The molecule has 0 aliphatic carbocycles. The van der Waals surface area contributed by atoms with Crippen molar-refractivity contribution in [2.24, 2.45) is 0 Å². The van der Waals surface area contributed by atoms with Crippen LogP contribution in [0.3, 0.4) is 0 Å². The maximum atomic E-state index is 10.9. The van der Waals surface area contributed by atoms with Gasteiger partial charge in [-0.15, -0.1) is 0 Å². The Balaban J connectivity index is 1.71. The summed E-state index contributed by atoms with van der Waals surface area (Å²) in [5.74, 6) is 0. The number of rotatable bonds is 3. The summed E-state index contributed by atoms with van der Waals surface area (Å²) in [5.41, 5.74) is 4.49. The molecule has 2 atom stereocenters. The van der Waals surface area contributed by atoms with Gasteiger partial charge in [0.1, 0.15) is 6.17 Å². The Labute approximate surface area is 145 Å². The molecule has 0 fully saturated rings. The van der Waals surface area contributed by atoms with Crippen molar-refractivity contribution in [2.45, 2.75) is 12.2 Å². The number of nitrogens with one attached hydrogen (secondary N) is 2. The van der Waals surface area contributed by atoms with Crippen LogP contribution in [0.1, 0.15) is 28.9 Å². The Morgan fingerprint density at radius 2 is 1.48 bits per heavy atom. The van der Waals surface area contributed by atoms with Crippen molar-refractivity contribution in [3.8, 4) is 0 Å². The van der Waals surface area contributed by atoms with Crippen molar-refractivity contribution in [1.29, 1.82) is 0 Å². The zero-order chi connectivity index (χ0) is 17.2. The van der Waals surface area contributed by atoms with Crippen molar-refractivity contribution < 1.29 is 4.92 Å². The molecule has 4 rings (SSSR count). The highest BCUT2D eigenvalue weighted by atomic mass is 16.6. The SMILES string of the molecule is O=[N+]([O-])c1ccc([C@H]2Nc3ccccc3[C@H](c3ccccc3)N2)cc1. The van der Waals surface area contributed by atoms with Gasteiger partial charge < -0.3 is 5.32 Å². The van der Waals surface area contributed by atoms with Crippen molar-refractivity contribution in [3.63, 3.8) is 0 Å². The van der Waals surface area contributed by atoms with E-state index < -0.39 is 0 Å². The van der Waals surface area contributed by atoms with Gasteiger partial charge in [0, 0.05) is 17.8 Å². The molecule has 1 aliphatic heterocycles. The van der Waals surface area contributed by atoms with Crippen LogP contribution in [-0.4, -0.2) is 4.92 Å². The van der Waals surface area contributed by atoms with E-state index in [0.717, 1.165) is 11.3 Å². The number of benzene rings is 3. The van der Waals surface area contributed by atoms with Gasteiger partial charge in [0.25, 0.3) is 5.69 Å². The Hall–Kier alpha value is -3.18. The molecule has 124 valence electrons. The van der Waals surface area contributed by atoms with E-state index in [1.165, 1.54) is 23.3 Å². The van der Waals surface area contributed by atoms with E-state index in [9.17, 15) is 10.1 Å². The summed E-state index contributed by atoms with van der Waals surface area (Å²) >= 11 is 0. The molecular formula is C20H17N3O2. The molecule has 0 radical (unpaired) electrons. The number of nitrogens with zero attached hydrogens (tertiary/aromatic N) is 1. The molecule has 0 amide bonds. The molecule has 0 unspecified atom stereocenters. The molecule has 5 heteroatoms. The van der Waals surface area contributed by atoms with E-state index in [1.54, 1.807) is 12.1 Å². The molecule has 3 aromatic carbocycles. The number of nitro benzene ring substituents is 1. The zero-order valence-electron chi connectivity index (χ0n) is 13.4. The Morgan fingerprint density at radius 1 is 0.800 bits per heavy atom. The summed E-state index contributed by atoms with van der Waals surface area (Å²) in [6, 6.07) is 25.2. The minimum atomic E-state index is -0.381. The molecule has 25 heavy (non-hydrogen) atoms. The molecule has 0 saturated heterocycles. The van der Waals surface area contributed by atoms with Gasteiger partial charge in [0.15, 0.2) is 0 Å². The van der Waals surface area contributed by atoms with Gasteiger partial charge in [-0.2, -0.15) is 0 Å². The predicted octanol–water partition coefficient (Wildman–Crippen LogP) is 4.40. The van der Waals surface area contributed by atoms with E-state index in [1.807, 2.05) is 30.3 Å². The predicted molar refractivity (Wildman–Crippen MR) is 97.3 cm³/mol. The second-order valence-electron chi connectivity index (χ2n) is 6.02. The summed E-state index contributed by atoms with van der Waals surface area (Å²) in [6.45, 7) is 0. The highest BCUT2D eigenvalue weighted by molar-refractivity contribution is 5.58. The number of fused-ring (bicyclic) bond motifs is 1. The Kier molecular flexibility index (Phi) is 3.91. The third-order valence-corrected chi connectivity index (χ3v) is 4.48. The maximum absolute atomic E-state index is 10.9.